The van der Waals surface area contributed by atoms with Gasteiger partial charge in [0.05, 0.1) is 4.90 Å². The van der Waals surface area contributed by atoms with Gasteiger partial charge in [0.2, 0.25) is 10.0 Å². The number of nitrogens with one attached hydrogen (secondary N) is 2. The number of hydrogen-bond acceptors (Lipinski definition) is 4. The van der Waals surface area contributed by atoms with Crippen LogP contribution in [0.2, 0.25) is 0 Å². The van der Waals surface area contributed by atoms with E-state index in [0.29, 0.717) is 18.4 Å². The number of carboxylic acids is 1. The van der Waals surface area contributed by atoms with Crippen LogP contribution in [0.4, 0.5) is 0 Å². The summed E-state index contributed by atoms with van der Waals surface area (Å²) in [6.07, 6.45) is 4.84. The summed E-state index contributed by atoms with van der Waals surface area (Å²) >= 11 is 0. The molecule has 3 N–H and O–H groups in total. The summed E-state index contributed by atoms with van der Waals surface area (Å²) in [6, 6.07) is 4.33. The van der Waals surface area contributed by atoms with Crippen LogP contribution in [0.3, 0.4) is 0 Å². The van der Waals surface area contributed by atoms with Gasteiger partial charge in [-0.1, -0.05) is 25.3 Å². The van der Waals surface area contributed by atoms with Crippen LogP contribution in [0.1, 0.15) is 60.9 Å². The Kier molecular flexibility index (Phi) is 5.07. The number of aliphatic carboxylic acids is 1. The Hall–Kier alpha value is -1.93. The number of benzene rings is 1. The van der Waals surface area contributed by atoms with Crippen LogP contribution in [0, 0.1) is 6.92 Å². The number of aryl methyl sites for hydroxylation is 1. The number of amides is 1. The van der Waals surface area contributed by atoms with Crippen LogP contribution < -0.4 is 10.0 Å². The summed E-state index contributed by atoms with van der Waals surface area (Å²) in [5.74, 6) is -1.59. The maximum absolute atomic E-state index is 12.8. The van der Waals surface area contributed by atoms with Gasteiger partial charge < -0.3 is 10.4 Å². The fraction of sp³-hybridized carbons (Fsp3) is 0.556. The predicted octanol–water partition coefficient (Wildman–Crippen LogP) is 1.95. The molecule has 1 aromatic rings. The van der Waals surface area contributed by atoms with Gasteiger partial charge in [0.25, 0.3) is 5.91 Å². The molecular formula is C18H24N2O5S. The van der Waals surface area contributed by atoms with Crippen molar-refractivity contribution in [1.29, 1.82) is 0 Å². The first-order valence-corrected chi connectivity index (χ1v) is 10.4. The summed E-state index contributed by atoms with van der Waals surface area (Å²) in [4.78, 5) is 24.6. The average molecular weight is 380 g/mol. The first kappa shape index (κ1) is 18.8. The van der Waals surface area contributed by atoms with Gasteiger partial charge >= 0.3 is 5.97 Å². The molecular weight excluding hydrogens is 356 g/mol. The molecule has 0 bridgehead atoms. The second kappa shape index (κ2) is 7.00. The summed E-state index contributed by atoms with van der Waals surface area (Å²) in [6.45, 7) is 1.70. The highest BCUT2D eigenvalue weighted by molar-refractivity contribution is 7.89. The third kappa shape index (κ3) is 3.91. The molecule has 26 heavy (non-hydrogen) atoms. The molecule has 7 nitrogen and oxygen atoms in total. The van der Waals surface area contributed by atoms with E-state index < -0.39 is 27.4 Å². The summed E-state index contributed by atoms with van der Waals surface area (Å²) in [7, 11) is -3.68. The number of carbonyl (C=O) groups excluding carboxylic acids is 1. The van der Waals surface area contributed by atoms with Gasteiger partial charge in [-0.25, -0.2) is 17.9 Å². The molecule has 0 heterocycles. The molecule has 0 radical (unpaired) electrons. The lowest BCUT2D eigenvalue weighted by Crippen LogP contribution is -2.55. The molecule has 2 saturated carbocycles. The monoisotopic (exact) mass is 380 g/mol. The van der Waals surface area contributed by atoms with Gasteiger partial charge in [-0.3, -0.25) is 4.79 Å². The van der Waals surface area contributed by atoms with Crippen LogP contribution in [0.15, 0.2) is 23.1 Å². The lowest BCUT2D eigenvalue weighted by atomic mass is 9.81. The van der Waals surface area contributed by atoms with Crippen LogP contribution >= 0.6 is 0 Å². The topological polar surface area (TPSA) is 113 Å². The Balaban J connectivity index is 1.86. The number of carboxylic acid groups (broad SMARTS) is 1. The molecule has 0 aliphatic heterocycles. The van der Waals surface area contributed by atoms with Crippen LogP contribution in [0.25, 0.3) is 0 Å². The molecule has 2 fully saturated rings. The molecule has 142 valence electrons. The van der Waals surface area contributed by atoms with Crippen LogP contribution in [0.5, 0.6) is 0 Å². The zero-order chi connectivity index (χ0) is 18.9. The van der Waals surface area contributed by atoms with Crippen molar-refractivity contribution < 1.29 is 23.1 Å². The lowest BCUT2D eigenvalue weighted by Gasteiger charge is -2.34. The van der Waals surface area contributed by atoms with Crippen LogP contribution in [-0.4, -0.2) is 37.0 Å². The molecule has 3 rings (SSSR count). The Labute approximate surface area is 153 Å². The van der Waals surface area contributed by atoms with Gasteiger partial charge in [-0.05, 0) is 50.3 Å². The van der Waals surface area contributed by atoms with Crippen molar-refractivity contribution in [3.05, 3.63) is 29.3 Å². The van der Waals surface area contributed by atoms with Gasteiger partial charge in [0.1, 0.15) is 5.54 Å². The van der Waals surface area contributed by atoms with Crippen molar-refractivity contribution in [1.82, 2.24) is 10.0 Å². The van der Waals surface area contributed by atoms with E-state index >= 15 is 0 Å². The minimum absolute atomic E-state index is 0.0215. The zero-order valence-corrected chi connectivity index (χ0v) is 15.6. The Morgan fingerprint density at radius 2 is 1.81 bits per heavy atom. The van der Waals surface area contributed by atoms with Gasteiger partial charge in [0.15, 0.2) is 0 Å². The quantitative estimate of drug-likeness (QED) is 0.698. The third-order valence-corrected chi connectivity index (χ3v) is 6.65. The maximum Gasteiger partial charge on any atom is 0.329 e. The van der Waals surface area contributed by atoms with E-state index in [9.17, 15) is 23.1 Å². The average Bonchev–Trinajstić information content (AvgIpc) is 3.39. The number of rotatable bonds is 6. The highest BCUT2D eigenvalue weighted by atomic mass is 32.2. The van der Waals surface area contributed by atoms with E-state index in [4.69, 9.17) is 0 Å². The summed E-state index contributed by atoms with van der Waals surface area (Å²) in [5.41, 5.74) is -0.484. The smallest absolute Gasteiger partial charge is 0.329 e. The van der Waals surface area contributed by atoms with E-state index in [1.807, 2.05) is 0 Å². The first-order chi connectivity index (χ1) is 12.2. The van der Waals surface area contributed by atoms with E-state index in [0.717, 1.165) is 32.1 Å². The Morgan fingerprint density at radius 3 is 2.38 bits per heavy atom. The highest BCUT2D eigenvalue weighted by Crippen LogP contribution is 2.29. The van der Waals surface area contributed by atoms with E-state index in [1.165, 1.54) is 12.1 Å². The largest absolute Gasteiger partial charge is 0.480 e. The summed E-state index contributed by atoms with van der Waals surface area (Å²) in [5, 5.41) is 12.3. The SMILES string of the molecule is Cc1ccc(S(=O)(=O)NC2CC2)cc1C(=O)NC1(C(=O)O)CCCCC1. The predicted molar refractivity (Wildman–Crippen MR) is 95.4 cm³/mol. The van der Waals surface area contributed by atoms with Crippen molar-refractivity contribution in [3.8, 4) is 0 Å². The van der Waals surface area contributed by atoms with Gasteiger partial charge in [0, 0.05) is 11.6 Å². The number of hydrogen-bond donors (Lipinski definition) is 3. The maximum atomic E-state index is 12.8. The van der Waals surface area contributed by atoms with Crippen molar-refractivity contribution in [2.24, 2.45) is 0 Å². The van der Waals surface area contributed by atoms with Crippen LogP contribution in [-0.2, 0) is 14.8 Å². The zero-order valence-electron chi connectivity index (χ0n) is 14.7. The molecule has 2 aliphatic carbocycles. The minimum Gasteiger partial charge on any atom is -0.480 e. The van der Waals surface area contributed by atoms with Crippen molar-refractivity contribution in [3.63, 3.8) is 0 Å². The highest BCUT2D eigenvalue weighted by Gasteiger charge is 2.41. The Bertz CT molecular complexity index is 824. The molecule has 1 amide bonds. The molecule has 0 aromatic heterocycles. The standard InChI is InChI=1S/C18H24N2O5S/c1-12-5-8-14(26(24,25)20-13-6-7-13)11-15(12)16(21)19-18(17(22)23)9-3-2-4-10-18/h5,8,11,13,20H,2-4,6-7,9-10H2,1H3,(H,19,21)(H,22,23). The Morgan fingerprint density at radius 1 is 1.15 bits per heavy atom. The third-order valence-electron chi connectivity index (χ3n) is 5.13. The number of carbonyl (C=O) groups is 2. The van der Waals surface area contributed by atoms with E-state index in [-0.39, 0.29) is 16.5 Å². The second-order valence-electron chi connectivity index (χ2n) is 7.27. The summed E-state index contributed by atoms with van der Waals surface area (Å²) < 4.78 is 27.4. The second-order valence-corrected chi connectivity index (χ2v) is 8.99. The fourth-order valence-electron chi connectivity index (χ4n) is 3.33. The molecule has 0 atom stereocenters. The van der Waals surface area contributed by atoms with E-state index in [2.05, 4.69) is 10.0 Å². The van der Waals surface area contributed by atoms with Crippen molar-refractivity contribution in [2.45, 2.75) is 68.3 Å². The normalized spacial score (nSPS) is 19.7. The molecule has 8 heteroatoms. The lowest BCUT2D eigenvalue weighted by molar-refractivity contribution is -0.145. The van der Waals surface area contributed by atoms with Gasteiger partial charge in [-0.15, -0.1) is 0 Å². The molecule has 0 saturated heterocycles. The van der Waals surface area contributed by atoms with Crippen molar-refractivity contribution in [2.75, 3.05) is 0 Å². The van der Waals surface area contributed by atoms with E-state index in [1.54, 1.807) is 13.0 Å². The fourth-order valence-corrected chi connectivity index (χ4v) is 4.66. The molecule has 0 spiro atoms. The molecule has 2 aliphatic rings. The number of sulfonamides is 1. The molecule has 0 unspecified atom stereocenters. The molecule has 1 aromatic carbocycles. The van der Waals surface area contributed by atoms with Crippen molar-refractivity contribution >= 4 is 21.9 Å². The minimum atomic E-state index is -3.68. The first-order valence-electron chi connectivity index (χ1n) is 8.92. The van der Waals surface area contributed by atoms with Gasteiger partial charge in [-0.2, -0.15) is 0 Å².